The number of anilines is 1. The van der Waals surface area contributed by atoms with E-state index in [4.69, 9.17) is 0 Å². The Balaban J connectivity index is 1.40. The number of nitrogens with zero attached hydrogens (tertiary/aromatic N) is 2. The van der Waals surface area contributed by atoms with Gasteiger partial charge in [-0.1, -0.05) is 12.1 Å². The molecule has 0 atom stereocenters. The topological polar surface area (TPSA) is 61.5 Å². The summed E-state index contributed by atoms with van der Waals surface area (Å²) in [7, 11) is 0. The molecule has 2 aliphatic rings. The molecule has 0 aromatic heterocycles. The van der Waals surface area contributed by atoms with Crippen LogP contribution >= 0.6 is 0 Å². The van der Waals surface area contributed by atoms with Gasteiger partial charge in [-0.3, -0.25) is 9.59 Å². The number of carbonyl (C=O) groups is 2. The van der Waals surface area contributed by atoms with Crippen LogP contribution < -0.4 is 20.0 Å². The van der Waals surface area contributed by atoms with Crippen LogP contribution in [0.4, 0.5) is 5.69 Å². The Morgan fingerprint density at radius 1 is 0.967 bits per heavy atom. The van der Waals surface area contributed by atoms with Crippen molar-refractivity contribution in [2.24, 2.45) is 0 Å². The predicted octanol–water partition coefficient (Wildman–Crippen LogP) is -1.74. The lowest BCUT2D eigenvalue weighted by molar-refractivity contribution is -0.898. The fraction of sp³-hybridized carbons (Fsp3) is 0.652. The van der Waals surface area contributed by atoms with Crippen molar-refractivity contribution in [2.45, 2.75) is 33.7 Å². The summed E-state index contributed by atoms with van der Waals surface area (Å²) < 4.78 is 0. The van der Waals surface area contributed by atoms with E-state index < -0.39 is 0 Å². The molecule has 3 rings (SSSR count). The van der Waals surface area contributed by atoms with Crippen molar-refractivity contribution in [3.63, 3.8) is 0 Å². The molecule has 30 heavy (non-hydrogen) atoms. The molecule has 0 aliphatic carbocycles. The molecular weight excluding hydrogens is 378 g/mol. The van der Waals surface area contributed by atoms with Crippen molar-refractivity contribution in [2.75, 3.05) is 70.3 Å². The highest BCUT2D eigenvalue weighted by atomic mass is 16.2. The number of carbonyl (C=O) groups excluding carboxylic acids is 2. The van der Waals surface area contributed by atoms with Crippen molar-refractivity contribution < 1.29 is 19.4 Å². The SMILES string of the molecule is Cc1cccc(N2CC[NH+](CC(=O)N3CC[NH+](CC(=O)NC(C)C)CC3)CC2)c1C. The standard InChI is InChI=1S/C23H37N5O2/c1-18(2)24-22(29)16-25-10-14-28(15-11-25)23(30)17-26-8-12-27(13-9-26)21-7-5-6-19(3)20(21)4/h5-7,18H,8-17H2,1-4H3,(H,24,29)/p+2. The molecule has 1 aromatic carbocycles. The van der Waals surface area contributed by atoms with E-state index in [0.29, 0.717) is 13.1 Å². The Labute approximate surface area is 181 Å². The summed E-state index contributed by atoms with van der Waals surface area (Å²) in [5.41, 5.74) is 4.03. The lowest BCUT2D eigenvalue weighted by Crippen LogP contribution is -3.17. The molecule has 2 saturated heterocycles. The van der Waals surface area contributed by atoms with Crippen LogP contribution in [-0.2, 0) is 9.59 Å². The van der Waals surface area contributed by atoms with Gasteiger partial charge in [0.15, 0.2) is 13.1 Å². The van der Waals surface area contributed by atoms with Crippen LogP contribution in [0.2, 0.25) is 0 Å². The summed E-state index contributed by atoms with van der Waals surface area (Å²) in [5, 5.41) is 2.95. The normalized spacial score (nSPS) is 18.7. The van der Waals surface area contributed by atoms with Gasteiger partial charge in [0.25, 0.3) is 11.8 Å². The molecule has 7 heteroatoms. The maximum absolute atomic E-state index is 12.8. The number of piperazine rings is 2. The molecule has 0 spiro atoms. The van der Waals surface area contributed by atoms with E-state index in [2.05, 4.69) is 42.3 Å². The average molecular weight is 418 g/mol. The quantitative estimate of drug-likeness (QED) is 0.515. The first-order valence-electron chi connectivity index (χ1n) is 11.4. The van der Waals surface area contributed by atoms with Crippen molar-refractivity contribution in [1.29, 1.82) is 0 Å². The molecule has 2 heterocycles. The zero-order chi connectivity index (χ0) is 21.7. The van der Waals surface area contributed by atoms with Gasteiger partial charge >= 0.3 is 0 Å². The average Bonchev–Trinajstić information content (AvgIpc) is 2.70. The zero-order valence-corrected chi connectivity index (χ0v) is 19.1. The summed E-state index contributed by atoms with van der Waals surface area (Å²) in [4.78, 5) is 31.8. The van der Waals surface area contributed by atoms with Crippen LogP contribution in [0.25, 0.3) is 0 Å². The molecule has 0 unspecified atom stereocenters. The first-order valence-corrected chi connectivity index (χ1v) is 11.4. The molecule has 7 nitrogen and oxygen atoms in total. The summed E-state index contributed by atoms with van der Waals surface area (Å²) in [6.07, 6.45) is 0. The third-order valence-corrected chi connectivity index (χ3v) is 6.47. The Morgan fingerprint density at radius 3 is 2.20 bits per heavy atom. The number of aryl methyl sites for hydroxylation is 1. The number of quaternary nitrogens is 2. The molecule has 2 fully saturated rings. The Bertz CT molecular complexity index is 735. The zero-order valence-electron chi connectivity index (χ0n) is 19.1. The highest BCUT2D eigenvalue weighted by Crippen LogP contribution is 2.22. The summed E-state index contributed by atoms with van der Waals surface area (Å²) in [5.74, 6) is 0.363. The van der Waals surface area contributed by atoms with Crippen LogP contribution in [-0.4, -0.2) is 88.2 Å². The molecule has 3 N–H and O–H groups in total. The Hall–Kier alpha value is -2.12. The summed E-state index contributed by atoms with van der Waals surface area (Å²) in [6, 6.07) is 6.69. The molecule has 2 amide bonds. The second-order valence-electron chi connectivity index (χ2n) is 9.16. The molecule has 1 aromatic rings. The smallest absolute Gasteiger partial charge is 0.278 e. The first kappa shape index (κ1) is 22.6. The second-order valence-corrected chi connectivity index (χ2v) is 9.16. The lowest BCUT2D eigenvalue weighted by Gasteiger charge is -2.36. The third kappa shape index (κ3) is 5.95. The van der Waals surface area contributed by atoms with Gasteiger partial charge in [-0.2, -0.15) is 0 Å². The lowest BCUT2D eigenvalue weighted by atomic mass is 10.1. The van der Waals surface area contributed by atoms with E-state index in [9.17, 15) is 9.59 Å². The fourth-order valence-electron chi connectivity index (χ4n) is 4.49. The number of nitrogens with one attached hydrogen (secondary N) is 3. The van der Waals surface area contributed by atoms with Gasteiger partial charge in [-0.05, 0) is 44.9 Å². The minimum atomic E-state index is 0.103. The number of hydrogen-bond donors (Lipinski definition) is 3. The van der Waals surface area contributed by atoms with Crippen molar-refractivity contribution in [1.82, 2.24) is 10.2 Å². The highest BCUT2D eigenvalue weighted by molar-refractivity contribution is 5.77. The van der Waals surface area contributed by atoms with Gasteiger partial charge in [0.05, 0.1) is 52.4 Å². The second kappa shape index (κ2) is 10.3. The molecular formula is C23H39N5O2+2. The number of amides is 2. The summed E-state index contributed by atoms with van der Waals surface area (Å²) in [6.45, 7) is 16.6. The minimum Gasteiger partial charge on any atom is -0.360 e. The summed E-state index contributed by atoms with van der Waals surface area (Å²) >= 11 is 0. The largest absolute Gasteiger partial charge is 0.360 e. The van der Waals surface area contributed by atoms with Crippen molar-refractivity contribution in [3.8, 4) is 0 Å². The van der Waals surface area contributed by atoms with Gasteiger partial charge in [-0.15, -0.1) is 0 Å². The predicted molar refractivity (Wildman–Crippen MR) is 119 cm³/mol. The van der Waals surface area contributed by atoms with Crippen molar-refractivity contribution in [3.05, 3.63) is 29.3 Å². The Morgan fingerprint density at radius 2 is 1.57 bits per heavy atom. The molecule has 0 saturated carbocycles. The Kier molecular flexibility index (Phi) is 7.72. The monoisotopic (exact) mass is 417 g/mol. The molecule has 0 radical (unpaired) electrons. The van der Waals surface area contributed by atoms with E-state index in [-0.39, 0.29) is 17.9 Å². The highest BCUT2D eigenvalue weighted by Gasteiger charge is 2.29. The van der Waals surface area contributed by atoms with Crippen molar-refractivity contribution >= 4 is 17.5 Å². The van der Waals surface area contributed by atoms with Gasteiger partial charge in [-0.25, -0.2) is 0 Å². The third-order valence-electron chi connectivity index (χ3n) is 6.47. The van der Waals surface area contributed by atoms with Crippen LogP contribution in [0.5, 0.6) is 0 Å². The number of hydrogen-bond acceptors (Lipinski definition) is 3. The van der Waals surface area contributed by atoms with Crippen LogP contribution in [0, 0.1) is 13.8 Å². The van der Waals surface area contributed by atoms with E-state index in [1.807, 2.05) is 18.7 Å². The number of rotatable bonds is 6. The van der Waals surface area contributed by atoms with E-state index in [1.165, 1.54) is 26.6 Å². The minimum absolute atomic E-state index is 0.103. The molecule has 2 aliphatic heterocycles. The van der Waals surface area contributed by atoms with Gasteiger partial charge in [0.1, 0.15) is 0 Å². The molecule has 166 valence electrons. The van der Waals surface area contributed by atoms with Gasteiger partial charge in [0, 0.05) is 11.7 Å². The number of benzene rings is 1. The van der Waals surface area contributed by atoms with E-state index in [0.717, 1.165) is 52.4 Å². The fourth-order valence-corrected chi connectivity index (χ4v) is 4.49. The van der Waals surface area contributed by atoms with Crippen LogP contribution in [0.3, 0.4) is 0 Å². The maximum atomic E-state index is 12.8. The maximum Gasteiger partial charge on any atom is 0.278 e. The first-order chi connectivity index (χ1) is 14.3. The van der Waals surface area contributed by atoms with E-state index >= 15 is 0 Å². The van der Waals surface area contributed by atoms with E-state index in [1.54, 1.807) is 0 Å². The van der Waals surface area contributed by atoms with Gasteiger partial charge in [0.2, 0.25) is 0 Å². The van der Waals surface area contributed by atoms with Gasteiger partial charge < -0.3 is 24.9 Å². The van der Waals surface area contributed by atoms with Crippen LogP contribution in [0.1, 0.15) is 25.0 Å². The molecule has 0 bridgehead atoms. The van der Waals surface area contributed by atoms with Crippen LogP contribution in [0.15, 0.2) is 18.2 Å².